The SMILES string of the molecule is [B]=Cc1c(C)cc(B=C)c(C)c1N. The molecule has 0 heterocycles. The van der Waals surface area contributed by atoms with Gasteiger partial charge in [-0.3, -0.25) is 0 Å². The van der Waals surface area contributed by atoms with Crippen LogP contribution in [-0.4, -0.2) is 26.8 Å². The third-order valence-corrected chi connectivity index (χ3v) is 2.31. The fourth-order valence-electron chi connectivity index (χ4n) is 1.42. The van der Waals surface area contributed by atoms with Gasteiger partial charge in [0.2, 0.25) is 0 Å². The van der Waals surface area contributed by atoms with Crippen molar-refractivity contribution in [2.45, 2.75) is 13.8 Å². The molecule has 1 aromatic rings. The van der Waals surface area contributed by atoms with Crippen molar-refractivity contribution in [3.05, 3.63) is 22.8 Å². The van der Waals surface area contributed by atoms with Gasteiger partial charge in [-0.25, -0.2) is 0 Å². The van der Waals surface area contributed by atoms with Crippen LogP contribution in [0.4, 0.5) is 5.69 Å². The molecule has 0 unspecified atom stereocenters. The number of anilines is 1. The van der Waals surface area contributed by atoms with Crippen LogP contribution in [0.1, 0.15) is 16.7 Å². The van der Waals surface area contributed by atoms with Crippen LogP contribution < -0.4 is 11.2 Å². The summed E-state index contributed by atoms with van der Waals surface area (Å²) < 4.78 is 0. The van der Waals surface area contributed by atoms with Gasteiger partial charge in [0.15, 0.2) is 0 Å². The molecule has 1 nitrogen and oxygen atoms in total. The summed E-state index contributed by atoms with van der Waals surface area (Å²) in [6, 6.07) is 2.04. The molecule has 0 aliphatic carbocycles. The van der Waals surface area contributed by atoms with E-state index < -0.39 is 0 Å². The first-order valence-corrected chi connectivity index (χ1v) is 4.18. The molecule has 0 aliphatic heterocycles. The van der Waals surface area contributed by atoms with Crippen molar-refractivity contribution in [1.29, 1.82) is 0 Å². The average Bonchev–Trinajstić information content (AvgIpc) is 2.12. The van der Waals surface area contributed by atoms with Crippen LogP contribution in [0.5, 0.6) is 0 Å². The van der Waals surface area contributed by atoms with Crippen molar-refractivity contribution in [1.82, 2.24) is 0 Å². The summed E-state index contributed by atoms with van der Waals surface area (Å²) in [6.45, 7) is 9.50. The molecule has 0 aliphatic rings. The maximum absolute atomic E-state index is 5.91. The third kappa shape index (κ3) is 1.64. The van der Waals surface area contributed by atoms with Crippen LogP contribution in [-0.2, 0) is 0 Å². The Hall–Kier alpha value is -1.11. The summed E-state index contributed by atoms with van der Waals surface area (Å²) in [5, 5.41) is 0. The Bertz CT molecular complexity index is 370. The molecule has 1 radical (unpaired) electrons. The van der Waals surface area contributed by atoms with Crippen molar-refractivity contribution in [2.75, 3.05) is 5.73 Å². The zero-order valence-corrected chi connectivity index (χ0v) is 8.09. The Kier molecular flexibility index (Phi) is 2.86. The van der Waals surface area contributed by atoms with Gasteiger partial charge in [-0.1, -0.05) is 0 Å². The van der Waals surface area contributed by atoms with E-state index in [1.165, 1.54) is 0 Å². The van der Waals surface area contributed by atoms with Crippen LogP contribution >= 0.6 is 0 Å². The summed E-state index contributed by atoms with van der Waals surface area (Å²) in [4.78, 5) is 0. The second-order valence-corrected chi connectivity index (χ2v) is 3.11. The topological polar surface area (TPSA) is 26.0 Å². The van der Waals surface area contributed by atoms with Gasteiger partial charge in [0.25, 0.3) is 0 Å². The van der Waals surface area contributed by atoms with Crippen LogP contribution in [0.15, 0.2) is 6.07 Å². The van der Waals surface area contributed by atoms with E-state index in [1.54, 1.807) is 12.9 Å². The van der Waals surface area contributed by atoms with E-state index in [0.29, 0.717) is 0 Å². The molecule has 63 valence electrons. The van der Waals surface area contributed by atoms with Gasteiger partial charge < -0.3 is 0 Å². The van der Waals surface area contributed by atoms with Gasteiger partial charge >= 0.3 is 80.3 Å². The fraction of sp³-hybridized carbons (Fsp3) is 0.200. The minimum absolute atomic E-state index is 0.748. The second kappa shape index (κ2) is 3.73. The first-order valence-electron chi connectivity index (χ1n) is 4.18. The molecule has 0 aromatic heterocycles. The number of aryl methyl sites for hydroxylation is 1. The molecule has 0 amide bonds. The van der Waals surface area contributed by atoms with E-state index in [1.807, 2.05) is 19.9 Å². The van der Waals surface area contributed by atoms with E-state index in [-0.39, 0.29) is 0 Å². The van der Waals surface area contributed by atoms with E-state index in [4.69, 9.17) is 13.2 Å². The van der Waals surface area contributed by atoms with Crippen molar-refractivity contribution >= 4 is 38.0 Å². The molecule has 0 bridgehead atoms. The molecule has 0 spiro atoms. The van der Waals surface area contributed by atoms with Crippen LogP contribution in [0.2, 0.25) is 0 Å². The Morgan fingerprint density at radius 2 is 2.15 bits per heavy atom. The predicted molar refractivity (Wildman–Crippen MR) is 63.8 cm³/mol. The molecular weight excluding hydrogens is 156 g/mol. The molecule has 13 heavy (non-hydrogen) atoms. The normalized spacial score (nSPS) is 9.31. The van der Waals surface area contributed by atoms with E-state index >= 15 is 0 Å². The average molecular weight is 168 g/mol. The van der Waals surface area contributed by atoms with E-state index in [0.717, 1.165) is 27.8 Å². The van der Waals surface area contributed by atoms with Gasteiger partial charge in [0, 0.05) is 0 Å². The van der Waals surface area contributed by atoms with Crippen LogP contribution in [0, 0.1) is 13.8 Å². The van der Waals surface area contributed by atoms with Crippen molar-refractivity contribution < 1.29 is 0 Å². The van der Waals surface area contributed by atoms with Crippen LogP contribution in [0.3, 0.4) is 0 Å². The number of hydrogen-bond donors (Lipinski definition) is 1. The number of benzene rings is 1. The number of nitrogen functional groups attached to an aromatic ring is 1. The maximum atomic E-state index is 5.91. The summed E-state index contributed by atoms with van der Waals surface area (Å²) in [5.74, 6) is 1.55. The van der Waals surface area contributed by atoms with Gasteiger partial charge in [-0.15, -0.1) is 0 Å². The summed E-state index contributed by atoms with van der Waals surface area (Å²) in [5.41, 5.74) is 10.8. The molecule has 1 rings (SSSR count). The molecule has 0 saturated carbocycles. The molecule has 0 saturated heterocycles. The zero-order valence-electron chi connectivity index (χ0n) is 8.09. The van der Waals surface area contributed by atoms with Crippen LogP contribution in [0.25, 0.3) is 0 Å². The Balaban J connectivity index is 3.54. The standard InChI is InChI=1S/C10H12B2N/c1-6-4-9(12-3)7(2)10(13)8(6)5-11/h4-5H,3,13H2,1-2H3. The monoisotopic (exact) mass is 168 g/mol. The molecule has 3 heteroatoms. The van der Waals surface area contributed by atoms with Crippen molar-refractivity contribution in [3.8, 4) is 0 Å². The number of nitrogens with two attached hydrogens (primary N) is 1. The van der Waals surface area contributed by atoms with Crippen molar-refractivity contribution in [2.24, 2.45) is 0 Å². The van der Waals surface area contributed by atoms with Gasteiger partial charge in [-0.2, -0.15) is 0 Å². The Morgan fingerprint density at radius 1 is 1.54 bits per heavy atom. The summed E-state index contributed by atoms with van der Waals surface area (Å²) in [7, 11) is 5.48. The molecule has 1 aromatic carbocycles. The number of rotatable bonds is 2. The minimum atomic E-state index is 0.748. The molecular formula is C10H12B2N. The van der Waals surface area contributed by atoms with Gasteiger partial charge in [0.1, 0.15) is 0 Å². The third-order valence-electron chi connectivity index (χ3n) is 2.31. The number of hydrogen-bond acceptors (Lipinski definition) is 1. The van der Waals surface area contributed by atoms with Gasteiger partial charge in [0.05, 0.1) is 0 Å². The molecule has 2 N–H and O–H groups in total. The molecule has 0 atom stereocenters. The Labute approximate surface area is 80.9 Å². The molecule has 0 fully saturated rings. The van der Waals surface area contributed by atoms with Gasteiger partial charge in [-0.05, 0) is 0 Å². The first kappa shape index (κ1) is 9.97. The summed E-state index contributed by atoms with van der Waals surface area (Å²) in [6.07, 6.45) is 0. The first-order chi connectivity index (χ1) is 6.11. The Morgan fingerprint density at radius 3 is 2.62 bits per heavy atom. The quantitative estimate of drug-likeness (QED) is 0.486. The van der Waals surface area contributed by atoms with Crippen molar-refractivity contribution in [3.63, 3.8) is 0 Å². The summed E-state index contributed by atoms with van der Waals surface area (Å²) >= 11 is 0. The fourth-order valence-corrected chi connectivity index (χ4v) is 1.42. The zero-order chi connectivity index (χ0) is 10.0. The van der Waals surface area contributed by atoms with E-state index in [9.17, 15) is 0 Å². The van der Waals surface area contributed by atoms with E-state index in [2.05, 4.69) is 6.47 Å². The second-order valence-electron chi connectivity index (χ2n) is 3.11. The predicted octanol–water partition coefficient (Wildman–Crippen LogP) is -0.0341.